The molecular weight excluding hydrogens is 334 g/mol. The Bertz CT molecular complexity index is 832. The largest absolute Gasteiger partial charge is 0.469 e. The first-order valence-electron chi connectivity index (χ1n) is 7.42. The average molecular weight is 351 g/mol. The first kappa shape index (κ1) is 17.3. The van der Waals surface area contributed by atoms with Crippen molar-refractivity contribution in [3.63, 3.8) is 0 Å². The fourth-order valence-corrected chi connectivity index (χ4v) is 2.83. The van der Waals surface area contributed by atoms with Crippen LogP contribution in [0.2, 0.25) is 0 Å². The number of imidazole rings is 1. The van der Waals surface area contributed by atoms with E-state index in [0.717, 1.165) is 0 Å². The molecule has 1 fully saturated rings. The average Bonchev–Trinajstić information content (AvgIpc) is 3.11. The smallest absolute Gasteiger partial charge is 0.260 e. The number of azide groups is 1. The number of aromatic nitrogens is 4. The Morgan fingerprint density at radius 2 is 2.28 bits per heavy atom. The second-order valence-corrected chi connectivity index (χ2v) is 5.82. The predicted molar refractivity (Wildman–Crippen MR) is 82.3 cm³/mol. The van der Waals surface area contributed by atoms with Crippen LogP contribution in [-0.2, 0) is 4.74 Å². The minimum absolute atomic E-state index is 0.0341. The van der Waals surface area contributed by atoms with Crippen LogP contribution in [0, 0.1) is 6.92 Å². The Kier molecular flexibility index (Phi) is 4.45. The van der Waals surface area contributed by atoms with E-state index < -0.39 is 30.6 Å². The van der Waals surface area contributed by atoms with Crippen LogP contribution in [0.25, 0.3) is 21.5 Å². The minimum Gasteiger partial charge on any atom is -0.469 e. The molecule has 1 aliphatic rings. The van der Waals surface area contributed by atoms with Crippen LogP contribution in [0.5, 0.6) is 5.88 Å². The van der Waals surface area contributed by atoms with Crippen molar-refractivity contribution < 1.29 is 24.8 Å². The van der Waals surface area contributed by atoms with Gasteiger partial charge in [0.15, 0.2) is 13.0 Å². The van der Waals surface area contributed by atoms with E-state index in [9.17, 15) is 15.3 Å². The Hall–Kier alpha value is -2.50. The van der Waals surface area contributed by atoms with Crippen molar-refractivity contribution in [1.82, 2.24) is 19.7 Å². The van der Waals surface area contributed by atoms with Gasteiger partial charge in [0.05, 0.1) is 18.6 Å². The molecule has 0 radical (unpaired) electrons. The molecule has 0 aliphatic carbocycles. The maximum Gasteiger partial charge on any atom is 0.260 e. The number of fused-ring (bicyclic) bond motifs is 1. The van der Waals surface area contributed by atoms with Gasteiger partial charge in [0.2, 0.25) is 0 Å². The summed E-state index contributed by atoms with van der Waals surface area (Å²) in [5.74, 6) is 0.0341. The summed E-state index contributed by atoms with van der Waals surface area (Å²) in [7, 11) is 0. The van der Waals surface area contributed by atoms with Crippen molar-refractivity contribution in [3.8, 4) is 5.88 Å². The van der Waals surface area contributed by atoms with Gasteiger partial charge in [0.25, 0.3) is 5.88 Å². The van der Waals surface area contributed by atoms with Gasteiger partial charge in [-0.1, -0.05) is 5.11 Å². The van der Waals surface area contributed by atoms with E-state index in [0.29, 0.717) is 16.7 Å². The predicted octanol–water partition coefficient (Wildman–Crippen LogP) is -0.217. The molecule has 12 heteroatoms. The fourth-order valence-electron chi connectivity index (χ4n) is 2.83. The molecule has 134 valence electrons. The molecule has 1 aliphatic heterocycles. The maximum atomic E-state index is 10.7. The molecule has 3 N–H and O–H groups in total. The molecule has 0 saturated carbocycles. The van der Waals surface area contributed by atoms with Gasteiger partial charge in [-0.25, -0.2) is 4.98 Å². The van der Waals surface area contributed by atoms with Gasteiger partial charge in [0.1, 0.15) is 28.8 Å². The quantitative estimate of drug-likeness (QED) is 0.377. The number of aryl methyl sites for hydroxylation is 1. The Balaban J connectivity index is 2.10. The molecule has 0 amide bonds. The van der Waals surface area contributed by atoms with E-state index in [-0.39, 0.29) is 12.6 Å². The molecule has 2 aromatic heterocycles. The monoisotopic (exact) mass is 351 g/mol. The van der Waals surface area contributed by atoms with E-state index >= 15 is 0 Å². The lowest BCUT2D eigenvalue weighted by molar-refractivity contribution is -0.0949. The molecule has 25 heavy (non-hydrogen) atoms. The number of ether oxygens (including phenoxy) is 2. The van der Waals surface area contributed by atoms with Crippen LogP contribution >= 0.6 is 0 Å². The zero-order valence-electron chi connectivity index (χ0n) is 13.5. The SMILES string of the molecule is Cc1nnc(OCN=[N+]=[N-])c2c1ncn2[C@@H]1O[C@H](CO)[C@@H](O)[C@@]1(C)O. The third kappa shape index (κ3) is 2.75. The van der Waals surface area contributed by atoms with Gasteiger partial charge in [-0.2, -0.15) is 0 Å². The van der Waals surface area contributed by atoms with Gasteiger partial charge >= 0.3 is 0 Å². The van der Waals surface area contributed by atoms with Crippen LogP contribution in [0.3, 0.4) is 0 Å². The van der Waals surface area contributed by atoms with Crippen molar-refractivity contribution in [1.29, 1.82) is 0 Å². The number of aliphatic hydroxyl groups excluding tert-OH is 2. The highest BCUT2D eigenvalue weighted by atomic mass is 16.6. The second-order valence-electron chi connectivity index (χ2n) is 5.82. The number of hydrogen-bond acceptors (Lipinski definition) is 9. The summed E-state index contributed by atoms with van der Waals surface area (Å²) in [6.07, 6.45) is -1.91. The summed E-state index contributed by atoms with van der Waals surface area (Å²) in [6.45, 7) is 2.33. The summed E-state index contributed by atoms with van der Waals surface area (Å²) in [5, 5.41) is 41.3. The lowest BCUT2D eigenvalue weighted by Gasteiger charge is -2.27. The summed E-state index contributed by atoms with van der Waals surface area (Å²) in [6, 6.07) is 0. The molecule has 3 heterocycles. The number of rotatable bonds is 5. The molecule has 0 bridgehead atoms. The molecule has 3 rings (SSSR count). The van der Waals surface area contributed by atoms with Gasteiger partial charge < -0.3 is 24.8 Å². The molecule has 2 aromatic rings. The number of nitrogens with zero attached hydrogens (tertiary/aromatic N) is 7. The summed E-state index contributed by atoms with van der Waals surface area (Å²) in [4.78, 5) is 6.83. The third-order valence-electron chi connectivity index (χ3n) is 4.14. The standard InChI is InChI=1S/C13H17N7O5/c1-6-8-9(11(18-17-6)24-5-16-19-14)20(4-15-8)12-13(2,23)10(22)7(3-21)25-12/h4,7,10,12,21-23H,3,5H2,1-2H3/t7-,10-,12-,13-/m1/s1. The third-order valence-corrected chi connectivity index (χ3v) is 4.14. The first-order chi connectivity index (χ1) is 11.9. The van der Waals surface area contributed by atoms with Crippen LogP contribution in [0.15, 0.2) is 11.4 Å². The van der Waals surface area contributed by atoms with E-state index in [1.165, 1.54) is 17.8 Å². The summed E-state index contributed by atoms with van der Waals surface area (Å²) < 4.78 is 12.4. The van der Waals surface area contributed by atoms with Gasteiger partial charge in [-0.3, -0.25) is 4.57 Å². The van der Waals surface area contributed by atoms with Gasteiger partial charge in [0, 0.05) is 4.91 Å². The molecule has 4 atom stereocenters. The normalized spacial score (nSPS) is 28.9. The van der Waals surface area contributed by atoms with Crippen molar-refractivity contribution >= 4 is 11.0 Å². The number of aliphatic hydroxyl groups is 3. The Morgan fingerprint density at radius 1 is 1.52 bits per heavy atom. The van der Waals surface area contributed by atoms with Crippen LogP contribution in [0.4, 0.5) is 0 Å². The second kappa shape index (κ2) is 6.43. The van der Waals surface area contributed by atoms with Crippen molar-refractivity contribution in [3.05, 3.63) is 22.5 Å². The topological polar surface area (TPSA) is 172 Å². The Labute approximate surface area is 141 Å². The van der Waals surface area contributed by atoms with E-state index in [2.05, 4.69) is 25.2 Å². The van der Waals surface area contributed by atoms with E-state index in [1.54, 1.807) is 6.92 Å². The Morgan fingerprint density at radius 3 is 2.92 bits per heavy atom. The highest BCUT2D eigenvalue weighted by molar-refractivity contribution is 5.82. The van der Waals surface area contributed by atoms with Crippen LogP contribution in [0.1, 0.15) is 18.8 Å². The molecule has 1 saturated heterocycles. The van der Waals surface area contributed by atoms with Gasteiger partial charge in [-0.05, 0) is 19.4 Å². The molecule has 0 unspecified atom stereocenters. The zero-order chi connectivity index (χ0) is 18.2. The van der Waals surface area contributed by atoms with Crippen LogP contribution < -0.4 is 4.74 Å². The molecule has 0 aromatic carbocycles. The molecule has 12 nitrogen and oxygen atoms in total. The lowest BCUT2D eigenvalue weighted by Crippen LogP contribution is -2.44. The summed E-state index contributed by atoms with van der Waals surface area (Å²) >= 11 is 0. The van der Waals surface area contributed by atoms with E-state index in [1.807, 2.05) is 0 Å². The fraction of sp³-hybridized carbons (Fsp3) is 0.615. The number of hydrogen-bond donors (Lipinski definition) is 3. The highest BCUT2D eigenvalue weighted by Gasteiger charge is 2.53. The van der Waals surface area contributed by atoms with Crippen molar-refractivity contribution in [2.45, 2.75) is 37.9 Å². The van der Waals surface area contributed by atoms with Crippen molar-refractivity contribution in [2.24, 2.45) is 5.11 Å². The lowest BCUT2D eigenvalue weighted by atomic mass is 9.96. The van der Waals surface area contributed by atoms with E-state index in [4.69, 9.17) is 15.0 Å². The van der Waals surface area contributed by atoms with Crippen molar-refractivity contribution in [2.75, 3.05) is 13.3 Å². The van der Waals surface area contributed by atoms with Crippen LogP contribution in [-0.4, -0.2) is 66.2 Å². The highest BCUT2D eigenvalue weighted by Crippen LogP contribution is 2.40. The molecule has 0 spiro atoms. The first-order valence-corrected chi connectivity index (χ1v) is 7.42. The molecular formula is C13H17N7O5. The summed E-state index contributed by atoms with van der Waals surface area (Å²) in [5.41, 5.74) is 7.99. The minimum atomic E-state index is -1.69. The maximum absolute atomic E-state index is 10.7. The van der Waals surface area contributed by atoms with Gasteiger partial charge in [-0.15, -0.1) is 10.2 Å². The zero-order valence-corrected chi connectivity index (χ0v) is 13.5.